The van der Waals surface area contributed by atoms with Crippen LogP contribution in [0.4, 0.5) is 10.1 Å². The van der Waals surface area contributed by atoms with E-state index in [1.165, 1.54) is 24.3 Å². The number of nitrogens with one attached hydrogen (secondary N) is 1. The number of esters is 1. The van der Waals surface area contributed by atoms with E-state index < -0.39 is 24.3 Å². The van der Waals surface area contributed by atoms with Gasteiger partial charge in [-0.1, -0.05) is 17.7 Å². The van der Waals surface area contributed by atoms with Crippen molar-refractivity contribution < 1.29 is 28.2 Å². The molecule has 134 valence electrons. The second-order valence-corrected chi connectivity index (χ2v) is 5.66. The Kier molecular flexibility index (Phi) is 5.38. The predicted octanol–water partition coefficient (Wildman–Crippen LogP) is 3.40. The summed E-state index contributed by atoms with van der Waals surface area (Å²) in [7, 11) is 0. The minimum absolute atomic E-state index is 0.0885. The number of fused-ring (bicyclic) bond motifs is 1. The Balaban J connectivity index is 1.50. The van der Waals surface area contributed by atoms with Gasteiger partial charge in [0.05, 0.1) is 5.69 Å². The molecule has 0 fully saturated rings. The molecular formula is C18H13ClFNO5. The van der Waals surface area contributed by atoms with Crippen LogP contribution in [0.15, 0.2) is 42.5 Å². The van der Waals surface area contributed by atoms with Crippen molar-refractivity contribution in [3.05, 3.63) is 58.9 Å². The number of carbonyl (C=O) groups is 2. The van der Waals surface area contributed by atoms with E-state index in [1.54, 1.807) is 18.2 Å². The topological polar surface area (TPSA) is 73.9 Å². The second kappa shape index (κ2) is 7.88. The van der Waals surface area contributed by atoms with Crippen LogP contribution in [0.2, 0.25) is 5.02 Å². The number of anilines is 1. The summed E-state index contributed by atoms with van der Waals surface area (Å²) in [5.74, 6) is -0.824. The van der Waals surface area contributed by atoms with Crippen LogP contribution in [-0.2, 0) is 14.3 Å². The second-order valence-electron chi connectivity index (χ2n) is 5.23. The molecule has 26 heavy (non-hydrogen) atoms. The third-order valence-electron chi connectivity index (χ3n) is 3.36. The lowest BCUT2D eigenvalue weighted by Crippen LogP contribution is -2.20. The Hall–Kier alpha value is -3.06. The van der Waals surface area contributed by atoms with Crippen LogP contribution in [0.25, 0.3) is 6.08 Å². The minimum Gasteiger partial charge on any atom is -0.454 e. The smallest absolute Gasteiger partial charge is 0.331 e. The van der Waals surface area contributed by atoms with E-state index in [1.807, 2.05) is 0 Å². The minimum atomic E-state index is -0.718. The fourth-order valence-electron chi connectivity index (χ4n) is 2.15. The van der Waals surface area contributed by atoms with Crippen molar-refractivity contribution in [3.63, 3.8) is 0 Å². The van der Waals surface area contributed by atoms with Crippen molar-refractivity contribution in [1.82, 2.24) is 0 Å². The van der Waals surface area contributed by atoms with Gasteiger partial charge in [-0.25, -0.2) is 9.18 Å². The van der Waals surface area contributed by atoms with Gasteiger partial charge in [-0.05, 0) is 42.0 Å². The monoisotopic (exact) mass is 377 g/mol. The van der Waals surface area contributed by atoms with Crippen molar-refractivity contribution >= 4 is 35.2 Å². The molecule has 0 bridgehead atoms. The average molecular weight is 378 g/mol. The fraction of sp³-hybridized carbons (Fsp3) is 0.111. The van der Waals surface area contributed by atoms with E-state index in [9.17, 15) is 14.0 Å². The molecule has 1 aliphatic rings. The fourth-order valence-corrected chi connectivity index (χ4v) is 2.32. The molecule has 0 aromatic heterocycles. The van der Waals surface area contributed by atoms with Crippen LogP contribution < -0.4 is 14.8 Å². The molecule has 0 saturated heterocycles. The molecule has 2 aromatic rings. The Morgan fingerprint density at radius 2 is 2.00 bits per heavy atom. The first-order valence-electron chi connectivity index (χ1n) is 7.50. The van der Waals surface area contributed by atoms with Crippen LogP contribution in [0.1, 0.15) is 5.56 Å². The van der Waals surface area contributed by atoms with E-state index >= 15 is 0 Å². The Morgan fingerprint density at radius 3 is 2.85 bits per heavy atom. The van der Waals surface area contributed by atoms with Gasteiger partial charge in [0.2, 0.25) is 6.79 Å². The summed E-state index contributed by atoms with van der Waals surface area (Å²) in [5.41, 5.74) is 0.617. The van der Waals surface area contributed by atoms with Gasteiger partial charge in [0.1, 0.15) is 5.82 Å². The van der Waals surface area contributed by atoms with Crippen molar-refractivity contribution in [2.24, 2.45) is 0 Å². The molecule has 1 aliphatic heterocycles. The molecule has 0 unspecified atom stereocenters. The summed E-state index contributed by atoms with van der Waals surface area (Å²) in [6, 6.07) is 8.91. The molecule has 6 nitrogen and oxygen atoms in total. The summed E-state index contributed by atoms with van der Waals surface area (Å²) in [4.78, 5) is 23.4. The first kappa shape index (κ1) is 17.8. The molecule has 2 aromatic carbocycles. The highest BCUT2D eigenvalue weighted by Gasteiger charge is 2.13. The quantitative estimate of drug-likeness (QED) is 0.638. The lowest BCUT2D eigenvalue weighted by Gasteiger charge is -2.06. The zero-order chi connectivity index (χ0) is 18.5. The molecule has 0 spiro atoms. The highest BCUT2D eigenvalue weighted by atomic mass is 35.5. The van der Waals surface area contributed by atoms with E-state index in [2.05, 4.69) is 5.32 Å². The predicted molar refractivity (Wildman–Crippen MR) is 92.6 cm³/mol. The van der Waals surface area contributed by atoms with E-state index in [-0.39, 0.29) is 17.5 Å². The maximum Gasteiger partial charge on any atom is 0.331 e. The number of carbonyl (C=O) groups excluding carboxylic acids is 2. The zero-order valence-electron chi connectivity index (χ0n) is 13.3. The van der Waals surface area contributed by atoms with Crippen LogP contribution in [0.3, 0.4) is 0 Å². The zero-order valence-corrected chi connectivity index (χ0v) is 14.1. The lowest BCUT2D eigenvalue weighted by molar-refractivity contribution is -0.142. The van der Waals surface area contributed by atoms with Crippen molar-refractivity contribution in [1.29, 1.82) is 0 Å². The van der Waals surface area contributed by atoms with Gasteiger partial charge < -0.3 is 19.5 Å². The number of ether oxygens (including phenoxy) is 3. The van der Waals surface area contributed by atoms with Crippen LogP contribution in [-0.4, -0.2) is 25.3 Å². The van der Waals surface area contributed by atoms with Gasteiger partial charge in [0, 0.05) is 11.1 Å². The van der Waals surface area contributed by atoms with Crippen molar-refractivity contribution in [2.75, 3.05) is 18.7 Å². The number of amides is 1. The Morgan fingerprint density at radius 1 is 1.19 bits per heavy atom. The SMILES string of the molecule is O=C(COC(=O)/C=C/c1ccc2c(c1)OCO2)Nc1cc(Cl)ccc1F. The number of hydrogen-bond acceptors (Lipinski definition) is 5. The normalized spacial score (nSPS) is 12.2. The highest BCUT2D eigenvalue weighted by Crippen LogP contribution is 2.32. The Labute approximate surface area is 153 Å². The molecule has 1 amide bonds. The third kappa shape index (κ3) is 4.52. The molecular weight excluding hydrogens is 365 g/mol. The maximum atomic E-state index is 13.5. The number of benzene rings is 2. The summed E-state index contributed by atoms with van der Waals surface area (Å²) in [6.45, 7) is -0.400. The van der Waals surface area contributed by atoms with E-state index in [0.717, 1.165) is 6.07 Å². The van der Waals surface area contributed by atoms with Crippen molar-refractivity contribution in [3.8, 4) is 11.5 Å². The van der Waals surface area contributed by atoms with E-state index in [4.69, 9.17) is 25.8 Å². The number of hydrogen-bond donors (Lipinski definition) is 1. The lowest BCUT2D eigenvalue weighted by atomic mass is 10.2. The molecule has 0 radical (unpaired) electrons. The largest absolute Gasteiger partial charge is 0.454 e. The first-order valence-corrected chi connectivity index (χ1v) is 7.88. The summed E-state index contributed by atoms with van der Waals surface area (Å²) in [6.07, 6.45) is 2.68. The first-order chi connectivity index (χ1) is 12.5. The summed E-state index contributed by atoms with van der Waals surface area (Å²) in [5, 5.41) is 2.55. The van der Waals surface area contributed by atoms with Gasteiger partial charge in [-0.2, -0.15) is 0 Å². The van der Waals surface area contributed by atoms with Gasteiger partial charge in [0.15, 0.2) is 18.1 Å². The summed E-state index contributed by atoms with van der Waals surface area (Å²) >= 11 is 5.73. The molecule has 1 N–H and O–H groups in total. The molecule has 0 atom stereocenters. The average Bonchev–Trinajstić information content (AvgIpc) is 3.09. The molecule has 0 saturated carbocycles. The van der Waals surface area contributed by atoms with Crippen LogP contribution in [0.5, 0.6) is 11.5 Å². The highest BCUT2D eigenvalue weighted by molar-refractivity contribution is 6.30. The van der Waals surface area contributed by atoms with Crippen molar-refractivity contribution in [2.45, 2.75) is 0 Å². The number of halogens is 2. The molecule has 8 heteroatoms. The number of rotatable bonds is 5. The third-order valence-corrected chi connectivity index (χ3v) is 3.59. The van der Waals surface area contributed by atoms with E-state index in [0.29, 0.717) is 17.1 Å². The van der Waals surface area contributed by atoms with Crippen LogP contribution >= 0.6 is 11.6 Å². The molecule has 0 aliphatic carbocycles. The maximum absolute atomic E-state index is 13.5. The van der Waals surface area contributed by atoms with Gasteiger partial charge in [-0.15, -0.1) is 0 Å². The Bertz CT molecular complexity index is 884. The molecule has 3 rings (SSSR count). The summed E-state index contributed by atoms with van der Waals surface area (Å²) < 4.78 is 28.8. The molecule has 1 heterocycles. The van der Waals surface area contributed by atoms with Crippen LogP contribution in [0, 0.1) is 5.82 Å². The van der Waals surface area contributed by atoms with Gasteiger partial charge in [-0.3, -0.25) is 4.79 Å². The standard InChI is InChI=1S/C18H13ClFNO5/c19-12-3-4-13(20)14(8-12)21-17(22)9-24-18(23)6-2-11-1-5-15-16(7-11)26-10-25-15/h1-8H,9-10H2,(H,21,22)/b6-2+. The van der Waals surface area contributed by atoms with Gasteiger partial charge in [0.25, 0.3) is 5.91 Å². The van der Waals surface area contributed by atoms with Gasteiger partial charge >= 0.3 is 5.97 Å².